The predicted molar refractivity (Wildman–Crippen MR) is 90.0 cm³/mol. The van der Waals surface area contributed by atoms with Gasteiger partial charge in [-0.15, -0.1) is 0 Å². The van der Waals surface area contributed by atoms with Crippen LogP contribution in [0.4, 0.5) is 5.95 Å². The highest BCUT2D eigenvalue weighted by molar-refractivity contribution is 7.83. The van der Waals surface area contributed by atoms with Crippen molar-refractivity contribution in [3.05, 3.63) is 53.9 Å². The van der Waals surface area contributed by atoms with Crippen molar-refractivity contribution in [2.24, 2.45) is 7.05 Å². The van der Waals surface area contributed by atoms with E-state index in [0.717, 1.165) is 28.1 Å². The Kier molecular flexibility index (Phi) is 4.20. The molecule has 1 N–H and O–H groups in total. The number of anilines is 1. The van der Waals surface area contributed by atoms with Gasteiger partial charge in [0, 0.05) is 42.6 Å². The van der Waals surface area contributed by atoms with Crippen molar-refractivity contribution in [1.82, 2.24) is 14.5 Å². The summed E-state index contributed by atoms with van der Waals surface area (Å²) in [5.41, 5.74) is 4.20. The molecule has 0 aliphatic heterocycles. The summed E-state index contributed by atoms with van der Waals surface area (Å²) in [4.78, 5) is 8.68. The Morgan fingerprint density at radius 2 is 1.91 bits per heavy atom. The molecule has 3 aromatic rings. The van der Waals surface area contributed by atoms with Crippen LogP contribution in [0.15, 0.2) is 42.7 Å². The maximum atomic E-state index is 11.2. The quantitative estimate of drug-likeness (QED) is 0.786. The van der Waals surface area contributed by atoms with Crippen LogP contribution in [0.3, 0.4) is 0 Å². The molecule has 6 heteroatoms. The maximum absolute atomic E-state index is 11.2. The van der Waals surface area contributed by atoms with Gasteiger partial charge >= 0.3 is 0 Å². The average molecular weight is 314 g/mol. The average Bonchev–Trinajstić information content (AvgIpc) is 2.83. The molecule has 1 atom stereocenters. The van der Waals surface area contributed by atoms with Crippen molar-refractivity contribution in [1.29, 1.82) is 0 Å². The van der Waals surface area contributed by atoms with Gasteiger partial charge in [0.15, 0.2) is 0 Å². The molecule has 0 spiro atoms. The first-order valence-corrected chi connectivity index (χ1v) is 8.74. The number of nitrogens with one attached hydrogen (secondary N) is 1. The number of benzene rings is 1. The number of fused-ring (bicyclic) bond motifs is 1. The third-order valence-electron chi connectivity index (χ3n) is 3.53. The molecule has 0 radical (unpaired) electrons. The van der Waals surface area contributed by atoms with Crippen LogP contribution in [0.1, 0.15) is 11.1 Å². The van der Waals surface area contributed by atoms with E-state index in [1.165, 1.54) is 0 Å². The van der Waals surface area contributed by atoms with Gasteiger partial charge in [-0.1, -0.05) is 24.3 Å². The summed E-state index contributed by atoms with van der Waals surface area (Å²) in [6.45, 7) is 0.695. The first kappa shape index (κ1) is 14.7. The van der Waals surface area contributed by atoms with Crippen LogP contribution < -0.4 is 5.32 Å². The molecule has 0 aliphatic carbocycles. The molecule has 2 aromatic heterocycles. The van der Waals surface area contributed by atoms with Gasteiger partial charge in [0.2, 0.25) is 5.95 Å². The van der Waals surface area contributed by atoms with E-state index in [4.69, 9.17) is 0 Å². The van der Waals surface area contributed by atoms with Crippen LogP contribution in [0.2, 0.25) is 0 Å². The fourth-order valence-corrected chi connectivity index (χ4v) is 3.02. The second-order valence-electron chi connectivity index (χ2n) is 5.25. The van der Waals surface area contributed by atoms with Crippen LogP contribution in [-0.4, -0.2) is 25.0 Å². The summed E-state index contributed by atoms with van der Waals surface area (Å²) in [5, 5.41) is 3.34. The molecule has 5 nitrogen and oxygen atoms in total. The van der Waals surface area contributed by atoms with Gasteiger partial charge in [0.25, 0.3) is 0 Å². The van der Waals surface area contributed by atoms with E-state index in [0.29, 0.717) is 12.3 Å². The summed E-state index contributed by atoms with van der Waals surface area (Å²) in [7, 11) is 1.17. The lowest BCUT2D eigenvalue weighted by Gasteiger charge is -2.07. The van der Waals surface area contributed by atoms with E-state index < -0.39 is 10.8 Å². The third-order valence-corrected chi connectivity index (χ3v) is 4.27. The molecule has 0 saturated heterocycles. The SMILES string of the molecule is Cn1c(NCc2ccc(CS(C)=O)cc2)nc2ccncc21. The van der Waals surface area contributed by atoms with E-state index in [1.54, 1.807) is 12.5 Å². The van der Waals surface area contributed by atoms with Crippen molar-refractivity contribution < 1.29 is 4.21 Å². The smallest absolute Gasteiger partial charge is 0.203 e. The molecule has 114 valence electrons. The highest BCUT2D eigenvalue weighted by Crippen LogP contribution is 2.17. The fraction of sp³-hybridized carbons (Fsp3) is 0.250. The van der Waals surface area contributed by atoms with E-state index >= 15 is 0 Å². The number of aryl methyl sites for hydroxylation is 1. The first-order chi connectivity index (χ1) is 10.6. The number of hydrogen-bond acceptors (Lipinski definition) is 4. The minimum Gasteiger partial charge on any atom is -0.352 e. The largest absolute Gasteiger partial charge is 0.352 e. The molecule has 1 aromatic carbocycles. The fourth-order valence-electron chi connectivity index (χ4n) is 2.36. The summed E-state index contributed by atoms with van der Waals surface area (Å²) in [5.74, 6) is 1.42. The van der Waals surface area contributed by atoms with Gasteiger partial charge in [0.1, 0.15) is 0 Å². The molecule has 0 saturated carbocycles. The molecular weight excluding hydrogens is 296 g/mol. The van der Waals surface area contributed by atoms with Crippen molar-refractivity contribution >= 4 is 27.8 Å². The van der Waals surface area contributed by atoms with Gasteiger partial charge in [0.05, 0.1) is 17.2 Å². The second kappa shape index (κ2) is 6.27. The van der Waals surface area contributed by atoms with Gasteiger partial charge < -0.3 is 9.88 Å². The highest BCUT2D eigenvalue weighted by Gasteiger charge is 2.06. The zero-order valence-electron chi connectivity index (χ0n) is 12.6. The zero-order chi connectivity index (χ0) is 15.5. The van der Waals surface area contributed by atoms with Crippen LogP contribution in [0.25, 0.3) is 11.0 Å². The minimum absolute atomic E-state index is 0.603. The van der Waals surface area contributed by atoms with E-state index in [1.807, 2.05) is 36.0 Å². The monoisotopic (exact) mass is 314 g/mol. The Labute approximate surface area is 131 Å². The Hall–Kier alpha value is -2.21. The summed E-state index contributed by atoms with van der Waals surface area (Å²) in [6, 6.07) is 10.1. The zero-order valence-corrected chi connectivity index (χ0v) is 13.4. The number of hydrogen-bond donors (Lipinski definition) is 1. The summed E-state index contributed by atoms with van der Waals surface area (Å²) >= 11 is 0. The lowest BCUT2D eigenvalue weighted by Crippen LogP contribution is -2.05. The van der Waals surface area contributed by atoms with E-state index in [2.05, 4.69) is 27.4 Å². The van der Waals surface area contributed by atoms with Crippen molar-refractivity contribution in [2.45, 2.75) is 12.3 Å². The van der Waals surface area contributed by atoms with Gasteiger partial charge in [-0.2, -0.15) is 0 Å². The normalized spacial score (nSPS) is 12.5. The predicted octanol–water partition coefficient (Wildman–Crippen LogP) is 2.46. The van der Waals surface area contributed by atoms with Crippen molar-refractivity contribution in [3.63, 3.8) is 0 Å². The molecular formula is C16H18N4OS. The van der Waals surface area contributed by atoms with Crippen LogP contribution in [0.5, 0.6) is 0 Å². The van der Waals surface area contributed by atoms with Gasteiger partial charge in [-0.3, -0.25) is 9.19 Å². The van der Waals surface area contributed by atoms with Gasteiger partial charge in [-0.25, -0.2) is 4.98 Å². The van der Waals surface area contributed by atoms with Crippen LogP contribution in [-0.2, 0) is 30.1 Å². The molecule has 0 fully saturated rings. The van der Waals surface area contributed by atoms with Crippen LogP contribution >= 0.6 is 0 Å². The lowest BCUT2D eigenvalue weighted by atomic mass is 10.1. The first-order valence-electron chi connectivity index (χ1n) is 7.01. The van der Waals surface area contributed by atoms with Crippen LogP contribution in [0, 0.1) is 0 Å². The molecule has 2 heterocycles. The minimum atomic E-state index is -0.804. The van der Waals surface area contributed by atoms with E-state index in [-0.39, 0.29) is 0 Å². The highest BCUT2D eigenvalue weighted by atomic mass is 32.2. The number of imidazole rings is 1. The lowest BCUT2D eigenvalue weighted by molar-refractivity contribution is 0.686. The summed E-state index contributed by atoms with van der Waals surface area (Å²) in [6.07, 6.45) is 5.28. The molecule has 3 rings (SSSR count). The maximum Gasteiger partial charge on any atom is 0.203 e. The second-order valence-corrected chi connectivity index (χ2v) is 6.68. The standard InChI is InChI=1S/C16H18N4OS/c1-20-15-10-17-8-7-14(15)19-16(20)18-9-12-3-5-13(6-4-12)11-22(2)21/h3-8,10H,9,11H2,1-2H3,(H,18,19). The molecule has 0 aliphatic rings. The number of pyridine rings is 1. The van der Waals surface area contributed by atoms with E-state index in [9.17, 15) is 4.21 Å². The number of nitrogens with zero attached hydrogens (tertiary/aromatic N) is 3. The van der Waals surface area contributed by atoms with Crippen molar-refractivity contribution in [2.75, 3.05) is 11.6 Å². The Morgan fingerprint density at radius 1 is 1.18 bits per heavy atom. The Balaban J connectivity index is 1.71. The van der Waals surface area contributed by atoms with Gasteiger partial charge in [-0.05, 0) is 17.2 Å². The number of rotatable bonds is 5. The Morgan fingerprint density at radius 3 is 2.59 bits per heavy atom. The molecule has 1 unspecified atom stereocenters. The number of aromatic nitrogens is 3. The molecule has 22 heavy (non-hydrogen) atoms. The molecule has 0 amide bonds. The topological polar surface area (TPSA) is 59.8 Å². The Bertz CT molecular complexity index is 811. The summed E-state index contributed by atoms with van der Waals surface area (Å²) < 4.78 is 13.2. The molecule has 0 bridgehead atoms. The van der Waals surface area contributed by atoms with Crippen molar-refractivity contribution in [3.8, 4) is 0 Å². The third kappa shape index (κ3) is 3.17.